The van der Waals surface area contributed by atoms with E-state index >= 15 is 0 Å². The van der Waals surface area contributed by atoms with Crippen LogP contribution in [0.4, 0.5) is 11.5 Å². The lowest BCUT2D eigenvalue weighted by atomic mass is 10.2. The lowest BCUT2D eigenvalue weighted by Crippen LogP contribution is -2.13. The van der Waals surface area contributed by atoms with Gasteiger partial charge >= 0.3 is 0 Å². The van der Waals surface area contributed by atoms with E-state index in [1.807, 2.05) is 13.0 Å². The minimum Gasteiger partial charge on any atom is -0.381 e. The maximum Gasteiger partial charge on any atom is 0.267 e. The molecular formula is C11H14N4O2S. The van der Waals surface area contributed by atoms with Crippen LogP contribution in [0.15, 0.2) is 35.4 Å². The molecule has 7 heteroatoms. The number of hydrogen-bond acceptors (Lipinski definition) is 4. The van der Waals surface area contributed by atoms with Gasteiger partial charge in [-0.25, -0.2) is 8.42 Å². The molecule has 2 aromatic rings. The minimum atomic E-state index is -3.70. The highest BCUT2D eigenvalue weighted by Gasteiger charge is 2.20. The van der Waals surface area contributed by atoms with Gasteiger partial charge < -0.3 is 5.73 Å². The van der Waals surface area contributed by atoms with Crippen LogP contribution in [0.5, 0.6) is 0 Å². The van der Waals surface area contributed by atoms with Crippen LogP contribution in [0.2, 0.25) is 0 Å². The minimum absolute atomic E-state index is 0.0161. The molecule has 0 amide bonds. The number of anilines is 2. The van der Waals surface area contributed by atoms with Crippen LogP contribution in [0.3, 0.4) is 0 Å². The van der Waals surface area contributed by atoms with Gasteiger partial charge in [-0.3, -0.25) is 9.40 Å². The molecule has 0 bridgehead atoms. The Morgan fingerprint density at radius 3 is 2.67 bits per heavy atom. The fraction of sp³-hybridized carbons (Fsp3) is 0.182. The number of nitrogen functional groups attached to an aromatic ring is 1. The fourth-order valence-corrected chi connectivity index (χ4v) is 2.76. The molecule has 0 aliphatic rings. The third-order valence-corrected chi connectivity index (χ3v) is 3.78. The summed E-state index contributed by atoms with van der Waals surface area (Å²) in [7, 11) is -2.09. The second kappa shape index (κ2) is 4.34. The molecule has 0 aliphatic carbocycles. The van der Waals surface area contributed by atoms with E-state index in [1.165, 1.54) is 10.9 Å². The summed E-state index contributed by atoms with van der Waals surface area (Å²) < 4.78 is 28.0. The van der Waals surface area contributed by atoms with Crippen LogP contribution in [0.1, 0.15) is 5.56 Å². The molecule has 0 spiro atoms. The molecule has 0 saturated heterocycles. The summed E-state index contributed by atoms with van der Waals surface area (Å²) in [5.41, 5.74) is 7.03. The number of nitrogens with two attached hydrogens (primary N) is 1. The van der Waals surface area contributed by atoms with Crippen molar-refractivity contribution in [3.8, 4) is 0 Å². The average Bonchev–Trinajstić information content (AvgIpc) is 2.58. The predicted molar refractivity (Wildman–Crippen MR) is 69.6 cm³/mol. The molecule has 3 N–H and O–H groups in total. The van der Waals surface area contributed by atoms with E-state index in [9.17, 15) is 8.42 Å². The first kappa shape index (κ1) is 12.4. The first-order valence-corrected chi connectivity index (χ1v) is 6.75. The topological polar surface area (TPSA) is 90.0 Å². The summed E-state index contributed by atoms with van der Waals surface area (Å²) in [5.74, 6) is -0.0161. The van der Waals surface area contributed by atoms with Crippen molar-refractivity contribution >= 4 is 21.5 Å². The van der Waals surface area contributed by atoms with Crippen molar-refractivity contribution in [1.82, 2.24) is 9.78 Å². The van der Waals surface area contributed by atoms with Gasteiger partial charge in [0.15, 0.2) is 5.82 Å². The van der Waals surface area contributed by atoms with Crippen molar-refractivity contribution < 1.29 is 8.42 Å². The molecule has 2 rings (SSSR count). The van der Waals surface area contributed by atoms with Gasteiger partial charge in [-0.1, -0.05) is 12.1 Å². The highest BCUT2D eigenvalue weighted by Crippen LogP contribution is 2.20. The molecule has 18 heavy (non-hydrogen) atoms. The number of benzene rings is 1. The number of aromatic nitrogens is 2. The Labute approximate surface area is 105 Å². The normalized spacial score (nSPS) is 11.4. The molecule has 96 valence electrons. The second-order valence-corrected chi connectivity index (χ2v) is 5.68. The molecule has 6 nitrogen and oxygen atoms in total. The summed E-state index contributed by atoms with van der Waals surface area (Å²) in [4.78, 5) is -0.0218. The molecule has 1 aromatic carbocycles. The quantitative estimate of drug-likeness (QED) is 0.870. The van der Waals surface area contributed by atoms with Crippen molar-refractivity contribution in [2.24, 2.45) is 7.05 Å². The van der Waals surface area contributed by atoms with E-state index in [4.69, 9.17) is 5.73 Å². The van der Waals surface area contributed by atoms with E-state index in [1.54, 1.807) is 25.2 Å². The Kier molecular flexibility index (Phi) is 3.00. The predicted octanol–water partition coefficient (Wildman–Crippen LogP) is 1.11. The maximum atomic E-state index is 12.1. The van der Waals surface area contributed by atoms with Gasteiger partial charge in [-0.15, -0.1) is 0 Å². The third-order valence-electron chi connectivity index (χ3n) is 2.38. The van der Waals surface area contributed by atoms with Crippen molar-refractivity contribution in [3.05, 3.63) is 36.0 Å². The molecule has 0 saturated carbocycles. The van der Waals surface area contributed by atoms with Gasteiger partial charge in [-0.2, -0.15) is 5.10 Å². The van der Waals surface area contributed by atoms with Crippen LogP contribution >= 0.6 is 0 Å². The first-order chi connectivity index (χ1) is 8.38. The summed E-state index contributed by atoms with van der Waals surface area (Å²) in [6.45, 7) is 1.89. The Bertz CT molecular complexity index is 676. The van der Waals surface area contributed by atoms with E-state index in [-0.39, 0.29) is 10.7 Å². The summed E-state index contributed by atoms with van der Waals surface area (Å²) in [5, 5.41) is 3.81. The number of rotatable bonds is 3. The third kappa shape index (κ3) is 2.45. The van der Waals surface area contributed by atoms with Crippen LogP contribution in [-0.2, 0) is 17.1 Å². The Morgan fingerprint density at radius 2 is 2.11 bits per heavy atom. The van der Waals surface area contributed by atoms with Gasteiger partial charge in [0.1, 0.15) is 4.90 Å². The largest absolute Gasteiger partial charge is 0.381 e. The molecule has 0 fully saturated rings. The summed E-state index contributed by atoms with van der Waals surface area (Å²) in [6.07, 6.45) is 1.37. The van der Waals surface area contributed by atoms with Gasteiger partial charge in [-0.05, 0) is 24.6 Å². The molecule has 0 atom stereocenters. The zero-order valence-corrected chi connectivity index (χ0v) is 10.9. The molecule has 1 heterocycles. The molecule has 1 aromatic heterocycles. The van der Waals surface area contributed by atoms with Gasteiger partial charge in [0.05, 0.1) is 0 Å². The smallest absolute Gasteiger partial charge is 0.267 e. The summed E-state index contributed by atoms with van der Waals surface area (Å²) >= 11 is 0. The van der Waals surface area contributed by atoms with E-state index < -0.39 is 10.0 Å². The van der Waals surface area contributed by atoms with Crippen molar-refractivity contribution in [2.75, 3.05) is 10.5 Å². The average molecular weight is 266 g/mol. The number of hydrogen-bond donors (Lipinski definition) is 2. The second-order valence-electron chi connectivity index (χ2n) is 4.03. The molecular weight excluding hydrogens is 252 g/mol. The van der Waals surface area contributed by atoms with Crippen molar-refractivity contribution in [1.29, 1.82) is 0 Å². The summed E-state index contributed by atoms with van der Waals surface area (Å²) in [6, 6.07) is 7.08. The standard InChI is InChI=1S/C11H14N4O2S/c1-8-4-3-5-9(6-8)14-18(16,17)10-7-15(2)13-11(10)12/h3-7,14H,1-2H3,(H2,12,13). The monoisotopic (exact) mass is 266 g/mol. The fourth-order valence-electron chi connectivity index (χ4n) is 1.61. The Morgan fingerprint density at radius 1 is 1.39 bits per heavy atom. The Balaban J connectivity index is 2.36. The lowest BCUT2D eigenvalue weighted by molar-refractivity contribution is 0.601. The molecule has 0 aliphatic heterocycles. The first-order valence-electron chi connectivity index (χ1n) is 5.27. The van der Waals surface area contributed by atoms with Crippen LogP contribution in [0, 0.1) is 6.92 Å². The lowest BCUT2D eigenvalue weighted by Gasteiger charge is -2.07. The van der Waals surface area contributed by atoms with E-state index in [2.05, 4.69) is 9.82 Å². The zero-order chi connectivity index (χ0) is 13.3. The van der Waals surface area contributed by atoms with Crippen LogP contribution in [0.25, 0.3) is 0 Å². The van der Waals surface area contributed by atoms with Crippen molar-refractivity contribution in [3.63, 3.8) is 0 Å². The van der Waals surface area contributed by atoms with Crippen LogP contribution < -0.4 is 10.5 Å². The molecule has 0 radical (unpaired) electrons. The zero-order valence-electron chi connectivity index (χ0n) is 10.1. The van der Waals surface area contributed by atoms with E-state index in [0.717, 1.165) is 5.56 Å². The number of nitrogens with one attached hydrogen (secondary N) is 1. The van der Waals surface area contributed by atoms with Gasteiger partial charge in [0.2, 0.25) is 0 Å². The highest BCUT2D eigenvalue weighted by atomic mass is 32.2. The highest BCUT2D eigenvalue weighted by molar-refractivity contribution is 7.92. The van der Waals surface area contributed by atoms with Crippen LogP contribution in [-0.4, -0.2) is 18.2 Å². The van der Waals surface area contributed by atoms with Gasteiger partial charge in [0, 0.05) is 18.9 Å². The van der Waals surface area contributed by atoms with E-state index in [0.29, 0.717) is 5.69 Å². The Hall–Kier alpha value is -2.02. The van der Waals surface area contributed by atoms with Crippen molar-refractivity contribution in [2.45, 2.75) is 11.8 Å². The maximum absolute atomic E-state index is 12.1. The number of sulfonamides is 1. The number of aryl methyl sites for hydroxylation is 2. The number of nitrogens with zero attached hydrogens (tertiary/aromatic N) is 2. The SMILES string of the molecule is Cc1cccc(NS(=O)(=O)c2cn(C)nc2N)c1. The molecule has 0 unspecified atom stereocenters. The van der Waals surface area contributed by atoms with Gasteiger partial charge in [0.25, 0.3) is 10.0 Å².